The summed E-state index contributed by atoms with van der Waals surface area (Å²) in [6.45, 7) is 0.790. The van der Waals surface area contributed by atoms with Crippen molar-refractivity contribution >= 4 is 13.4 Å². The van der Waals surface area contributed by atoms with Gasteiger partial charge >= 0.3 is 7.75 Å². The maximum atomic E-state index is 12.3. The van der Waals surface area contributed by atoms with Crippen LogP contribution in [0.3, 0.4) is 0 Å². The highest BCUT2D eigenvalue weighted by Crippen LogP contribution is 2.53. The number of nitrogens with one attached hydrogen (secondary N) is 1. The fraction of sp³-hybridized carbons (Fsp3) is 0.455. The predicted octanol–water partition coefficient (Wildman–Crippen LogP) is 2.30. The largest absolute Gasteiger partial charge is 0.495 e. The van der Waals surface area contributed by atoms with Crippen LogP contribution in [0.5, 0.6) is 5.75 Å². The zero-order valence-electron chi connectivity index (χ0n) is 11.1. The summed E-state index contributed by atoms with van der Waals surface area (Å²) in [7, 11) is -2.15. The summed E-state index contributed by atoms with van der Waals surface area (Å²) < 4.78 is 27.6. The van der Waals surface area contributed by atoms with Gasteiger partial charge in [-0.05, 0) is 12.1 Å². The van der Waals surface area contributed by atoms with Gasteiger partial charge in [0.15, 0.2) is 0 Å². The summed E-state index contributed by atoms with van der Waals surface area (Å²) in [5.41, 5.74) is -0.959. The van der Waals surface area contributed by atoms with Crippen LogP contribution in [0.1, 0.15) is 6.92 Å². The maximum Gasteiger partial charge on any atom is 0.433 e. The van der Waals surface area contributed by atoms with Crippen LogP contribution in [0.4, 0.5) is 5.69 Å². The van der Waals surface area contributed by atoms with Crippen LogP contribution in [-0.2, 0) is 13.6 Å². The summed E-state index contributed by atoms with van der Waals surface area (Å²) in [5, 5.41) is 13.5. The van der Waals surface area contributed by atoms with Crippen LogP contribution < -0.4 is 9.82 Å². The third kappa shape index (κ3) is 2.92. The van der Waals surface area contributed by atoms with E-state index in [0.29, 0.717) is 11.4 Å². The van der Waals surface area contributed by atoms with Crippen molar-refractivity contribution in [3.63, 3.8) is 0 Å². The first-order valence-electron chi connectivity index (χ1n) is 5.83. The number of nitro groups is 1. The van der Waals surface area contributed by atoms with Crippen LogP contribution in [0.2, 0.25) is 0 Å². The molecular formula is C11H15N2O6P. The van der Waals surface area contributed by atoms with Gasteiger partial charge in [-0.15, -0.1) is 0 Å². The topological polar surface area (TPSA) is 99.9 Å². The van der Waals surface area contributed by atoms with E-state index in [0.717, 1.165) is 0 Å². The van der Waals surface area contributed by atoms with E-state index in [1.807, 2.05) is 0 Å². The zero-order valence-corrected chi connectivity index (χ0v) is 12.0. The second-order valence-corrected chi connectivity index (χ2v) is 6.35. The van der Waals surface area contributed by atoms with Crippen molar-refractivity contribution < 1.29 is 23.3 Å². The molecule has 2 rings (SSSR count). The van der Waals surface area contributed by atoms with Crippen molar-refractivity contribution in [3.05, 3.63) is 34.4 Å². The molecule has 1 N–H and O–H groups in total. The van der Waals surface area contributed by atoms with Crippen LogP contribution in [-0.4, -0.2) is 30.8 Å². The third-order valence-electron chi connectivity index (χ3n) is 2.90. The molecule has 1 aliphatic heterocycles. The van der Waals surface area contributed by atoms with E-state index in [2.05, 4.69) is 5.09 Å². The van der Waals surface area contributed by atoms with Gasteiger partial charge in [-0.1, -0.05) is 12.1 Å². The SMILES string of the molecule is COc1ccccc1NP1(=O)OCC(C)([N+](=O)[O-])CO1. The minimum atomic E-state index is -3.63. The molecule has 1 fully saturated rings. The number of methoxy groups -OCH3 is 1. The van der Waals surface area contributed by atoms with Crippen molar-refractivity contribution in [1.82, 2.24) is 0 Å². The van der Waals surface area contributed by atoms with Gasteiger partial charge < -0.3 is 4.74 Å². The molecule has 1 aromatic rings. The number of para-hydroxylation sites is 2. The van der Waals surface area contributed by atoms with Crippen LogP contribution >= 0.6 is 7.75 Å². The highest BCUT2D eigenvalue weighted by molar-refractivity contribution is 7.55. The normalized spacial score (nSPS) is 29.7. The minimum absolute atomic E-state index is 0.292. The molecule has 9 heteroatoms. The molecule has 0 aliphatic carbocycles. The average Bonchev–Trinajstić information content (AvgIpc) is 2.43. The lowest BCUT2D eigenvalue weighted by atomic mass is 10.1. The van der Waals surface area contributed by atoms with Gasteiger partial charge in [-0.25, -0.2) is 4.57 Å². The number of nitrogens with zero attached hydrogens (tertiary/aromatic N) is 1. The highest BCUT2D eigenvalue weighted by Gasteiger charge is 2.48. The summed E-state index contributed by atoms with van der Waals surface area (Å²) >= 11 is 0. The molecule has 0 atom stereocenters. The molecule has 1 aliphatic rings. The van der Waals surface area contributed by atoms with E-state index in [-0.39, 0.29) is 13.2 Å². The Kier molecular flexibility index (Phi) is 3.99. The molecule has 0 unspecified atom stereocenters. The van der Waals surface area contributed by atoms with Gasteiger partial charge in [0, 0.05) is 11.8 Å². The molecule has 0 saturated carbocycles. The molecule has 110 valence electrons. The first-order valence-corrected chi connectivity index (χ1v) is 7.38. The second kappa shape index (κ2) is 5.40. The van der Waals surface area contributed by atoms with Crippen molar-refractivity contribution in [3.8, 4) is 5.75 Å². The monoisotopic (exact) mass is 302 g/mol. The van der Waals surface area contributed by atoms with Crippen molar-refractivity contribution in [1.29, 1.82) is 0 Å². The Hall–Kier alpha value is -1.63. The van der Waals surface area contributed by atoms with E-state index in [1.54, 1.807) is 24.3 Å². The molecule has 0 aromatic heterocycles. The Morgan fingerprint density at radius 3 is 2.55 bits per heavy atom. The molecule has 0 amide bonds. The van der Waals surface area contributed by atoms with Crippen LogP contribution in [0.15, 0.2) is 24.3 Å². The number of anilines is 1. The molecule has 0 spiro atoms. The van der Waals surface area contributed by atoms with Crippen molar-refractivity contribution in [2.24, 2.45) is 0 Å². The predicted molar refractivity (Wildman–Crippen MR) is 71.5 cm³/mol. The quantitative estimate of drug-likeness (QED) is 0.517. The standard InChI is InChI=1S/C11H15N2O6P/c1-11(13(14)15)7-18-20(16,19-8-11)12-9-5-3-4-6-10(9)17-2/h3-6H,7-8H2,1-2H3,(H,12,16). The molecule has 8 nitrogen and oxygen atoms in total. The van der Waals surface area contributed by atoms with Gasteiger partial charge in [0.25, 0.3) is 5.54 Å². The van der Waals surface area contributed by atoms with E-state index < -0.39 is 18.2 Å². The van der Waals surface area contributed by atoms with Crippen molar-refractivity contribution in [2.75, 3.05) is 25.4 Å². The fourth-order valence-corrected chi connectivity index (χ4v) is 3.16. The first kappa shape index (κ1) is 14.8. The van der Waals surface area contributed by atoms with Gasteiger partial charge in [-0.2, -0.15) is 0 Å². The molecule has 1 heterocycles. The molecule has 20 heavy (non-hydrogen) atoms. The van der Waals surface area contributed by atoms with Gasteiger partial charge in [0.05, 0.1) is 12.8 Å². The molecular weight excluding hydrogens is 287 g/mol. The van der Waals surface area contributed by atoms with Gasteiger partial charge in [0.2, 0.25) is 0 Å². The Labute approximate surface area is 115 Å². The summed E-state index contributed by atoms with van der Waals surface area (Å²) in [4.78, 5) is 10.4. The number of hydrogen-bond acceptors (Lipinski definition) is 6. The Bertz CT molecular complexity index is 552. The van der Waals surface area contributed by atoms with E-state index in [4.69, 9.17) is 13.8 Å². The lowest BCUT2D eigenvalue weighted by molar-refractivity contribution is -0.572. The maximum absolute atomic E-state index is 12.3. The fourth-order valence-electron chi connectivity index (χ4n) is 1.58. The molecule has 1 aromatic carbocycles. The van der Waals surface area contributed by atoms with E-state index in [1.165, 1.54) is 14.0 Å². The summed E-state index contributed by atoms with van der Waals surface area (Å²) in [6.07, 6.45) is 0. The highest BCUT2D eigenvalue weighted by atomic mass is 31.2. The summed E-state index contributed by atoms with van der Waals surface area (Å²) in [5.74, 6) is 0.470. The lowest BCUT2D eigenvalue weighted by Gasteiger charge is -2.31. The average molecular weight is 302 g/mol. The Morgan fingerprint density at radius 2 is 2.00 bits per heavy atom. The van der Waals surface area contributed by atoms with E-state index >= 15 is 0 Å². The number of hydrogen-bond donors (Lipinski definition) is 1. The second-order valence-electron chi connectivity index (χ2n) is 4.61. The minimum Gasteiger partial charge on any atom is -0.495 e. The third-order valence-corrected chi connectivity index (χ3v) is 4.35. The van der Waals surface area contributed by atoms with Crippen LogP contribution in [0.25, 0.3) is 0 Å². The number of benzene rings is 1. The van der Waals surface area contributed by atoms with Crippen LogP contribution in [0, 0.1) is 10.1 Å². The lowest BCUT2D eigenvalue weighted by Crippen LogP contribution is -2.47. The first-order chi connectivity index (χ1) is 9.38. The Morgan fingerprint density at radius 1 is 1.40 bits per heavy atom. The number of rotatable bonds is 4. The van der Waals surface area contributed by atoms with Gasteiger partial charge in [-0.3, -0.25) is 24.2 Å². The number of ether oxygens (including phenoxy) is 1. The van der Waals surface area contributed by atoms with E-state index in [9.17, 15) is 14.7 Å². The zero-order chi connectivity index (χ0) is 14.8. The van der Waals surface area contributed by atoms with Gasteiger partial charge in [0.1, 0.15) is 19.0 Å². The molecule has 0 bridgehead atoms. The molecule has 1 saturated heterocycles. The smallest absolute Gasteiger partial charge is 0.433 e. The summed E-state index contributed by atoms with van der Waals surface area (Å²) in [6, 6.07) is 6.81. The molecule has 0 radical (unpaired) electrons. The van der Waals surface area contributed by atoms with Crippen molar-refractivity contribution in [2.45, 2.75) is 12.5 Å². The Balaban J connectivity index is 2.11.